The minimum atomic E-state index is -0.655. The van der Waals surface area contributed by atoms with Gasteiger partial charge >= 0.3 is 11.9 Å². The molecule has 0 unspecified atom stereocenters. The predicted molar refractivity (Wildman–Crippen MR) is 102 cm³/mol. The number of esters is 2. The van der Waals surface area contributed by atoms with Gasteiger partial charge in [0.25, 0.3) is 0 Å². The molecular formula is C20H20Cl2O4. The summed E-state index contributed by atoms with van der Waals surface area (Å²) in [6.45, 7) is 2.48. The Labute approximate surface area is 163 Å². The molecule has 0 saturated heterocycles. The predicted octanol–water partition coefficient (Wildman–Crippen LogP) is 5.95. The first-order valence-electron chi connectivity index (χ1n) is 8.46. The van der Waals surface area contributed by atoms with Crippen molar-refractivity contribution < 1.29 is 19.1 Å². The first kappa shape index (κ1) is 20.3. The van der Waals surface area contributed by atoms with Crippen molar-refractivity contribution in [1.82, 2.24) is 0 Å². The van der Waals surface area contributed by atoms with E-state index < -0.39 is 11.9 Å². The third kappa shape index (κ3) is 5.75. The highest BCUT2D eigenvalue weighted by Crippen LogP contribution is 2.32. The normalized spacial score (nSPS) is 10.4. The Bertz CT molecular complexity index is 754. The van der Waals surface area contributed by atoms with Crippen LogP contribution in [-0.4, -0.2) is 18.5 Å². The maximum atomic E-state index is 12.3. The van der Waals surface area contributed by atoms with E-state index in [-0.39, 0.29) is 21.4 Å². The molecule has 0 atom stereocenters. The molecule has 0 bridgehead atoms. The minimum Gasteiger partial charge on any atom is -0.462 e. The monoisotopic (exact) mass is 394 g/mol. The number of carbonyl (C=O) groups excluding carboxylic acids is 2. The van der Waals surface area contributed by atoms with Crippen LogP contribution in [0.4, 0.5) is 0 Å². The average molecular weight is 395 g/mol. The van der Waals surface area contributed by atoms with Crippen molar-refractivity contribution in [3.05, 3.63) is 63.6 Å². The van der Waals surface area contributed by atoms with Gasteiger partial charge < -0.3 is 9.47 Å². The van der Waals surface area contributed by atoms with Crippen LogP contribution in [0.15, 0.2) is 42.5 Å². The molecule has 26 heavy (non-hydrogen) atoms. The van der Waals surface area contributed by atoms with E-state index in [9.17, 15) is 9.59 Å². The van der Waals surface area contributed by atoms with Crippen LogP contribution in [0, 0.1) is 0 Å². The van der Waals surface area contributed by atoms with Crippen LogP contribution in [0.2, 0.25) is 10.0 Å². The summed E-state index contributed by atoms with van der Waals surface area (Å²) >= 11 is 12.0. The second-order valence-electron chi connectivity index (χ2n) is 5.72. The molecule has 0 N–H and O–H groups in total. The number of para-hydroxylation sites is 1. The lowest BCUT2D eigenvalue weighted by Crippen LogP contribution is -2.12. The third-order valence-electron chi connectivity index (χ3n) is 3.68. The molecule has 4 nitrogen and oxygen atoms in total. The zero-order valence-electron chi connectivity index (χ0n) is 14.5. The van der Waals surface area contributed by atoms with E-state index in [1.165, 1.54) is 6.07 Å². The number of halogens is 2. The van der Waals surface area contributed by atoms with E-state index in [0.29, 0.717) is 12.2 Å². The lowest BCUT2D eigenvalue weighted by Gasteiger charge is -2.09. The number of rotatable bonds is 8. The summed E-state index contributed by atoms with van der Waals surface area (Å²) in [6.07, 6.45) is 4.08. The van der Waals surface area contributed by atoms with Crippen LogP contribution in [0.1, 0.15) is 53.3 Å². The summed E-state index contributed by atoms with van der Waals surface area (Å²) < 4.78 is 10.5. The summed E-state index contributed by atoms with van der Waals surface area (Å²) in [5.41, 5.74) is 0.501. The molecule has 0 aliphatic carbocycles. The zero-order chi connectivity index (χ0) is 18.9. The molecule has 138 valence electrons. The van der Waals surface area contributed by atoms with Gasteiger partial charge in [-0.1, -0.05) is 61.5 Å². The van der Waals surface area contributed by atoms with E-state index in [1.54, 1.807) is 36.4 Å². The number of ether oxygens (including phenoxy) is 2. The lowest BCUT2D eigenvalue weighted by molar-refractivity contribution is 0.0498. The molecule has 2 aromatic rings. The van der Waals surface area contributed by atoms with Gasteiger partial charge in [0.15, 0.2) is 5.75 Å². The number of hydrogen-bond acceptors (Lipinski definition) is 4. The first-order valence-corrected chi connectivity index (χ1v) is 9.22. The van der Waals surface area contributed by atoms with Gasteiger partial charge in [-0.05, 0) is 36.8 Å². The van der Waals surface area contributed by atoms with E-state index in [2.05, 4.69) is 6.92 Å². The summed E-state index contributed by atoms with van der Waals surface area (Å²) in [4.78, 5) is 24.4. The molecule has 0 heterocycles. The van der Waals surface area contributed by atoms with Gasteiger partial charge in [0.05, 0.1) is 27.8 Å². The van der Waals surface area contributed by atoms with Crippen LogP contribution in [0.25, 0.3) is 0 Å². The van der Waals surface area contributed by atoms with Crippen LogP contribution >= 0.6 is 23.2 Å². The molecule has 0 fully saturated rings. The van der Waals surface area contributed by atoms with Crippen LogP contribution < -0.4 is 4.74 Å². The topological polar surface area (TPSA) is 52.6 Å². The fourth-order valence-electron chi connectivity index (χ4n) is 2.28. The molecule has 0 aliphatic rings. The number of carbonyl (C=O) groups is 2. The maximum Gasteiger partial charge on any atom is 0.343 e. The van der Waals surface area contributed by atoms with Crippen molar-refractivity contribution in [2.24, 2.45) is 0 Å². The second-order valence-corrected chi connectivity index (χ2v) is 6.53. The van der Waals surface area contributed by atoms with Crippen molar-refractivity contribution in [3.8, 4) is 5.75 Å². The van der Waals surface area contributed by atoms with Gasteiger partial charge in [-0.15, -0.1) is 0 Å². The van der Waals surface area contributed by atoms with E-state index >= 15 is 0 Å². The number of unbranched alkanes of at least 4 members (excludes halogenated alkanes) is 3. The molecule has 0 spiro atoms. The fraction of sp³-hybridized carbons (Fsp3) is 0.300. The average Bonchev–Trinajstić information content (AvgIpc) is 2.64. The Balaban J connectivity index is 2.01. The van der Waals surface area contributed by atoms with Crippen LogP contribution in [0.3, 0.4) is 0 Å². The van der Waals surface area contributed by atoms with Gasteiger partial charge in [0.2, 0.25) is 0 Å². The zero-order valence-corrected chi connectivity index (χ0v) is 16.0. The van der Waals surface area contributed by atoms with Gasteiger partial charge in [-0.2, -0.15) is 0 Å². The Morgan fingerprint density at radius 2 is 1.50 bits per heavy atom. The Morgan fingerprint density at radius 1 is 0.885 bits per heavy atom. The maximum absolute atomic E-state index is 12.3. The Kier molecular flexibility index (Phi) is 7.95. The quantitative estimate of drug-likeness (QED) is 0.315. The van der Waals surface area contributed by atoms with Gasteiger partial charge in [0.1, 0.15) is 0 Å². The number of hydrogen-bond donors (Lipinski definition) is 0. The highest BCUT2D eigenvalue weighted by molar-refractivity contribution is 6.37. The van der Waals surface area contributed by atoms with Crippen molar-refractivity contribution in [2.75, 3.05) is 6.61 Å². The largest absolute Gasteiger partial charge is 0.462 e. The summed E-state index contributed by atoms with van der Waals surface area (Å²) in [7, 11) is 0. The number of benzene rings is 2. The third-order valence-corrected chi connectivity index (χ3v) is 4.27. The molecular weight excluding hydrogens is 375 g/mol. The molecule has 0 aliphatic heterocycles. The highest BCUT2D eigenvalue weighted by atomic mass is 35.5. The molecule has 6 heteroatoms. The standard InChI is InChI=1S/C20H20Cl2O4/c1-2-3-4-5-12-25-19(23)14-8-6-9-15(13-14)20(24)26-18-16(21)10-7-11-17(18)22/h6-11,13H,2-5,12H2,1H3. The summed E-state index contributed by atoms with van der Waals surface area (Å²) in [5, 5.41) is 0.460. The minimum absolute atomic E-state index is 0.0877. The summed E-state index contributed by atoms with van der Waals surface area (Å²) in [5.74, 6) is -1.03. The second kappa shape index (κ2) is 10.2. The van der Waals surface area contributed by atoms with Crippen LogP contribution in [0.5, 0.6) is 5.75 Å². The molecule has 2 aromatic carbocycles. The van der Waals surface area contributed by atoms with Crippen molar-refractivity contribution in [3.63, 3.8) is 0 Å². The van der Waals surface area contributed by atoms with Crippen LogP contribution in [-0.2, 0) is 4.74 Å². The van der Waals surface area contributed by atoms with E-state index in [0.717, 1.165) is 25.7 Å². The molecule has 0 aromatic heterocycles. The van der Waals surface area contributed by atoms with Crippen molar-refractivity contribution in [1.29, 1.82) is 0 Å². The molecule has 2 rings (SSSR count). The van der Waals surface area contributed by atoms with E-state index in [4.69, 9.17) is 32.7 Å². The molecule has 0 saturated carbocycles. The highest BCUT2D eigenvalue weighted by Gasteiger charge is 2.16. The Hall–Kier alpha value is -2.04. The smallest absolute Gasteiger partial charge is 0.343 e. The fourth-order valence-corrected chi connectivity index (χ4v) is 2.76. The SMILES string of the molecule is CCCCCCOC(=O)c1cccc(C(=O)Oc2c(Cl)cccc2Cl)c1. The Morgan fingerprint density at radius 3 is 2.15 bits per heavy atom. The van der Waals surface area contributed by atoms with Crippen molar-refractivity contribution >= 4 is 35.1 Å². The molecule has 0 radical (unpaired) electrons. The summed E-state index contributed by atoms with van der Waals surface area (Å²) in [6, 6.07) is 11.0. The van der Waals surface area contributed by atoms with E-state index in [1.807, 2.05) is 0 Å². The first-order chi connectivity index (χ1) is 12.5. The van der Waals surface area contributed by atoms with Gasteiger partial charge in [0, 0.05) is 0 Å². The van der Waals surface area contributed by atoms with Gasteiger partial charge in [-0.3, -0.25) is 0 Å². The van der Waals surface area contributed by atoms with Crippen molar-refractivity contribution in [2.45, 2.75) is 32.6 Å². The lowest BCUT2D eigenvalue weighted by atomic mass is 10.1. The van der Waals surface area contributed by atoms with Gasteiger partial charge in [-0.25, -0.2) is 9.59 Å². The molecule has 0 amide bonds.